The van der Waals surface area contributed by atoms with Crippen LogP contribution >= 0.6 is 0 Å². The maximum absolute atomic E-state index is 5.44. The fourth-order valence-electron chi connectivity index (χ4n) is 2.88. The molecule has 0 amide bonds. The standard InChI is InChI=1S/C20H26O2/c1-7-15-13-17(9-11-19(15)22-6)20(3,4)16-8-10-18(21-5)14(2)12-16/h8-13H,7H2,1-6H3. The lowest BCUT2D eigenvalue weighted by Crippen LogP contribution is -2.19. The molecule has 0 bridgehead atoms. The Morgan fingerprint density at radius 1 is 0.864 bits per heavy atom. The Morgan fingerprint density at radius 2 is 1.41 bits per heavy atom. The van der Waals surface area contributed by atoms with E-state index in [-0.39, 0.29) is 5.41 Å². The number of aryl methyl sites for hydroxylation is 2. The molecular formula is C20H26O2. The maximum Gasteiger partial charge on any atom is 0.122 e. The molecule has 22 heavy (non-hydrogen) atoms. The first kappa shape index (κ1) is 16.4. The van der Waals surface area contributed by atoms with Crippen molar-refractivity contribution < 1.29 is 9.47 Å². The summed E-state index contributed by atoms with van der Waals surface area (Å²) in [5.41, 5.74) is 4.94. The molecule has 0 unspecified atom stereocenters. The van der Waals surface area contributed by atoms with Gasteiger partial charge in [-0.25, -0.2) is 0 Å². The first-order valence-electron chi connectivity index (χ1n) is 7.76. The summed E-state index contributed by atoms with van der Waals surface area (Å²) in [6.07, 6.45) is 0.967. The lowest BCUT2D eigenvalue weighted by Gasteiger charge is -2.28. The van der Waals surface area contributed by atoms with Gasteiger partial charge in [0.1, 0.15) is 11.5 Å². The second-order valence-corrected chi connectivity index (χ2v) is 6.19. The first-order chi connectivity index (χ1) is 10.4. The van der Waals surface area contributed by atoms with Gasteiger partial charge in [-0.3, -0.25) is 0 Å². The highest BCUT2D eigenvalue weighted by Crippen LogP contribution is 2.36. The molecule has 0 N–H and O–H groups in total. The van der Waals surface area contributed by atoms with Crippen LogP contribution in [0, 0.1) is 6.92 Å². The second kappa shape index (κ2) is 6.43. The lowest BCUT2D eigenvalue weighted by atomic mass is 9.77. The molecule has 2 aromatic carbocycles. The molecule has 0 aliphatic heterocycles. The number of hydrogen-bond donors (Lipinski definition) is 0. The third-order valence-electron chi connectivity index (χ3n) is 4.50. The van der Waals surface area contributed by atoms with Gasteiger partial charge >= 0.3 is 0 Å². The van der Waals surface area contributed by atoms with Crippen LogP contribution in [0.5, 0.6) is 11.5 Å². The molecule has 0 atom stereocenters. The first-order valence-corrected chi connectivity index (χ1v) is 7.76. The molecule has 2 aromatic rings. The third kappa shape index (κ3) is 2.96. The largest absolute Gasteiger partial charge is 0.496 e. The van der Waals surface area contributed by atoms with Crippen LogP contribution in [0.3, 0.4) is 0 Å². The van der Waals surface area contributed by atoms with E-state index < -0.39 is 0 Å². The highest BCUT2D eigenvalue weighted by molar-refractivity contribution is 5.47. The Bertz CT molecular complexity index is 657. The smallest absolute Gasteiger partial charge is 0.122 e. The fraction of sp³-hybridized carbons (Fsp3) is 0.400. The summed E-state index contributed by atoms with van der Waals surface area (Å²) in [7, 11) is 3.44. The molecule has 0 saturated carbocycles. The van der Waals surface area contributed by atoms with Gasteiger partial charge in [0.2, 0.25) is 0 Å². The summed E-state index contributed by atoms with van der Waals surface area (Å²) in [6, 6.07) is 12.9. The summed E-state index contributed by atoms with van der Waals surface area (Å²) in [6.45, 7) is 8.76. The lowest BCUT2D eigenvalue weighted by molar-refractivity contribution is 0.409. The fourth-order valence-corrected chi connectivity index (χ4v) is 2.88. The van der Waals surface area contributed by atoms with Crippen molar-refractivity contribution in [1.29, 1.82) is 0 Å². The van der Waals surface area contributed by atoms with E-state index in [1.807, 2.05) is 0 Å². The SMILES string of the molecule is CCc1cc(C(C)(C)c2ccc(OC)c(C)c2)ccc1OC. The molecular weight excluding hydrogens is 272 g/mol. The van der Waals surface area contributed by atoms with Crippen molar-refractivity contribution in [3.63, 3.8) is 0 Å². The molecule has 2 nitrogen and oxygen atoms in total. The predicted octanol–water partition coefficient (Wildman–Crippen LogP) is 4.90. The van der Waals surface area contributed by atoms with E-state index in [0.717, 1.165) is 23.5 Å². The summed E-state index contributed by atoms with van der Waals surface area (Å²) in [5, 5.41) is 0. The van der Waals surface area contributed by atoms with Crippen LogP contribution in [0.2, 0.25) is 0 Å². The van der Waals surface area contributed by atoms with Crippen molar-refractivity contribution >= 4 is 0 Å². The minimum absolute atomic E-state index is 0.0623. The Hall–Kier alpha value is -1.96. The van der Waals surface area contributed by atoms with Gasteiger partial charge in [-0.15, -0.1) is 0 Å². The molecule has 0 heterocycles. The van der Waals surface area contributed by atoms with Crippen molar-refractivity contribution in [1.82, 2.24) is 0 Å². The van der Waals surface area contributed by atoms with Crippen LogP contribution in [0.15, 0.2) is 36.4 Å². The second-order valence-electron chi connectivity index (χ2n) is 6.19. The Balaban J connectivity index is 2.47. The zero-order chi connectivity index (χ0) is 16.3. The number of rotatable bonds is 5. The van der Waals surface area contributed by atoms with E-state index in [9.17, 15) is 0 Å². The molecule has 0 aliphatic rings. The van der Waals surface area contributed by atoms with Gasteiger partial charge in [-0.05, 0) is 47.7 Å². The predicted molar refractivity (Wildman–Crippen MR) is 92.2 cm³/mol. The van der Waals surface area contributed by atoms with Crippen LogP contribution in [0.4, 0.5) is 0 Å². The number of ether oxygens (including phenoxy) is 2. The van der Waals surface area contributed by atoms with E-state index >= 15 is 0 Å². The van der Waals surface area contributed by atoms with E-state index in [1.54, 1.807) is 14.2 Å². The van der Waals surface area contributed by atoms with Gasteiger partial charge in [-0.2, -0.15) is 0 Å². The average Bonchev–Trinajstić information content (AvgIpc) is 2.53. The quantitative estimate of drug-likeness (QED) is 0.781. The maximum atomic E-state index is 5.44. The summed E-state index contributed by atoms with van der Waals surface area (Å²) in [5.74, 6) is 1.90. The van der Waals surface area contributed by atoms with Crippen molar-refractivity contribution in [2.75, 3.05) is 14.2 Å². The zero-order valence-corrected chi connectivity index (χ0v) is 14.5. The van der Waals surface area contributed by atoms with Gasteiger partial charge in [-0.1, -0.05) is 45.0 Å². The van der Waals surface area contributed by atoms with Crippen LogP contribution in [-0.2, 0) is 11.8 Å². The van der Waals surface area contributed by atoms with Crippen LogP contribution in [-0.4, -0.2) is 14.2 Å². The van der Waals surface area contributed by atoms with Gasteiger partial charge in [0.15, 0.2) is 0 Å². The molecule has 118 valence electrons. The summed E-state index contributed by atoms with van der Waals surface area (Å²) < 4.78 is 10.8. The topological polar surface area (TPSA) is 18.5 Å². The Morgan fingerprint density at radius 3 is 1.91 bits per heavy atom. The van der Waals surface area contributed by atoms with Gasteiger partial charge in [0.25, 0.3) is 0 Å². The molecule has 0 radical (unpaired) electrons. The third-order valence-corrected chi connectivity index (χ3v) is 4.50. The molecule has 0 spiro atoms. The van der Waals surface area contributed by atoms with Gasteiger partial charge in [0, 0.05) is 5.41 Å². The van der Waals surface area contributed by atoms with Crippen molar-refractivity contribution in [2.45, 2.75) is 39.5 Å². The molecule has 0 aromatic heterocycles. The van der Waals surface area contributed by atoms with Crippen LogP contribution in [0.1, 0.15) is 43.0 Å². The minimum atomic E-state index is -0.0623. The van der Waals surface area contributed by atoms with E-state index in [2.05, 4.69) is 64.1 Å². The molecule has 0 saturated heterocycles. The Kier molecular flexibility index (Phi) is 4.80. The van der Waals surface area contributed by atoms with Crippen molar-refractivity contribution in [3.8, 4) is 11.5 Å². The van der Waals surface area contributed by atoms with Gasteiger partial charge in [0.05, 0.1) is 14.2 Å². The number of methoxy groups -OCH3 is 2. The van der Waals surface area contributed by atoms with E-state index in [1.165, 1.54) is 16.7 Å². The molecule has 2 rings (SSSR count). The average molecular weight is 298 g/mol. The summed E-state index contributed by atoms with van der Waals surface area (Å²) >= 11 is 0. The van der Waals surface area contributed by atoms with Crippen molar-refractivity contribution in [2.24, 2.45) is 0 Å². The number of benzene rings is 2. The van der Waals surface area contributed by atoms with E-state index in [4.69, 9.17) is 9.47 Å². The van der Waals surface area contributed by atoms with E-state index in [0.29, 0.717) is 0 Å². The van der Waals surface area contributed by atoms with Crippen LogP contribution in [0.25, 0.3) is 0 Å². The monoisotopic (exact) mass is 298 g/mol. The summed E-state index contributed by atoms with van der Waals surface area (Å²) in [4.78, 5) is 0. The highest BCUT2D eigenvalue weighted by Gasteiger charge is 2.24. The molecule has 0 fully saturated rings. The zero-order valence-electron chi connectivity index (χ0n) is 14.5. The van der Waals surface area contributed by atoms with Crippen molar-refractivity contribution in [3.05, 3.63) is 58.7 Å². The minimum Gasteiger partial charge on any atom is -0.496 e. The van der Waals surface area contributed by atoms with Crippen LogP contribution < -0.4 is 9.47 Å². The van der Waals surface area contributed by atoms with Gasteiger partial charge < -0.3 is 9.47 Å². The Labute approximate surface area is 134 Å². The molecule has 0 aliphatic carbocycles. The number of hydrogen-bond acceptors (Lipinski definition) is 2. The molecule has 2 heteroatoms. The normalized spacial score (nSPS) is 11.4. The highest BCUT2D eigenvalue weighted by atomic mass is 16.5.